The molecule has 22 heavy (non-hydrogen) atoms. The van der Waals surface area contributed by atoms with Gasteiger partial charge >= 0.3 is 0 Å². The lowest BCUT2D eigenvalue weighted by molar-refractivity contribution is -0.384. The van der Waals surface area contributed by atoms with Crippen LogP contribution in [0, 0.1) is 10.1 Å². The first-order valence-corrected chi connectivity index (χ1v) is 7.84. The van der Waals surface area contributed by atoms with Crippen LogP contribution in [0.2, 0.25) is 0 Å². The second kappa shape index (κ2) is 5.76. The van der Waals surface area contributed by atoms with Crippen molar-refractivity contribution in [1.29, 1.82) is 0 Å². The van der Waals surface area contributed by atoms with E-state index in [1.165, 1.54) is 10.9 Å². The highest BCUT2D eigenvalue weighted by Crippen LogP contribution is 2.41. The lowest BCUT2D eigenvalue weighted by Gasteiger charge is -2.25. The fourth-order valence-corrected chi connectivity index (χ4v) is 3.77. The molecule has 2 N–H and O–H groups in total. The number of thiophene rings is 1. The number of primary amides is 1. The predicted octanol–water partition coefficient (Wildman–Crippen LogP) is 3.10. The van der Waals surface area contributed by atoms with Crippen LogP contribution in [0.15, 0.2) is 35.7 Å². The Bertz CT molecular complexity index is 715. The normalized spacial score (nSPS) is 17.6. The summed E-state index contributed by atoms with van der Waals surface area (Å²) in [5, 5.41) is 13.4. The molecule has 6 nitrogen and oxygen atoms in total. The van der Waals surface area contributed by atoms with Gasteiger partial charge in [0.25, 0.3) is 5.69 Å². The number of hydrogen-bond donors (Lipinski definition) is 1. The van der Waals surface area contributed by atoms with Crippen molar-refractivity contribution in [3.63, 3.8) is 0 Å². The molecule has 2 aromatic rings. The van der Waals surface area contributed by atoms with Crippen LogP contribution < -0.4 is 10.6 Å². The smallest absolute Gasteiger partial charge is 0.293 e. The highest BCUT2D eigenvalue weighted by molar-refractivity contribution is 7.10. The Labute approximate surface area is 131 Å². The molecular formula is C15H15N3O3S. The Kier molecular flexibility index (Phi) is 3.81. The molecule has 1 amide bonds. The third kappa shape index (κ3) is 2.55. The largest absolute Gasteiger partial charge is 0.366 e. The Hall–Kier alpha value is -2.41. The molecule has 1 atom stereocenters. The van der Waals surface area contributed by atoms with Gasteiger partial charge in [-0.15, -0.1) is 11.3 Å². The van der Waals surface area contributed by atoms with Crippen LogP contribution in [0.5, 0.6) is 0 Å². The zero-order chi connectivity index (χ0) is 15.7. The average Bonchev–Trinajstić information content (AvgIpc) is 3.17. The van der Waals surface area contributed by atoms with Crippen molar-refractivity contribution in [3.8, 4) is 0 Å². The second-order valence-electron chi connectivity index (χ2n) is 5.19. The topological polar surface area (TPSA) is 89.5 Å². The highest BCUT2D eigenvalue weighted by atomic mass is 32.1. The molecule has 1 aliphatic heterocycles. The lowest BCUT2D eigenvalue weighted by Crippen LogP contribution is -2.23. The van der Waals surface area contributed by atoms with E-state index in [2.05, 4.69) is 11.0 Å². The van der Waals surface area contributed by atoms with E-state index in [0.717, 1.165) is 19.4 Å². The van der Waals surface area contributed by atoms with E-state index in [1.54, 1.807) is 23.5 Å². The number of hydrogen-bond acceptors (Lipinski definition) is 5. The van der Waals surface area contributed by atoms with Gasteiger partial charge in [-0.25, -0.2) is 0 Å². The first-order chi connectivity index (χ1) is 10.6. The minimum atomic E-state index is -0.661. The molecule has 0 unspecified atom stereocenters. The number of nitrogens with zero attached hydrogens (tertiary/aromatic N) is 2. The van der Waals surface area contributed by atoms with Gasteiger partial charge < -0.3 is 10.6 Å². The van der Waals surface area contributed by atoms with Gasteiger partial charge in [0.05, 0.1) is 11.0 Å². The maximum atomic E-state index is 11.4. The second-order valence-corrected chi connectivity index (χ2v) is 6.17. The van der Waals surface area contributed by atoms with Gasteiger partial charge in [0.2, 0.25) is 5.91 Å². The van der Waals surface area contributed by atoms with E-state index in [0.29, 0.717) is 5.69 Å². The molecule has 7 heteroatoms. The van der Waals surface area contributed by atoms with Crippen molar-refractivity contribution in [2.24, 2.45) is 5.73 Å². The Morgan fingerprint density at radius 1 is 1.41 bits per heavy atom. The number of nitro benzene ring substituents is 1. The van der Waals surface area contributed by atoms with Gasteiger partial charge in [0.1, 0.15) is 5.69 Å². The molecule has 1 aromatic heterocycles. The molecule has 3 rings (SSSR count). The molecule has 0 radical (unpaired) electrons. The van der Waals surface area contributed by atoms with E-state index >= 15 is 0 Å². The van der Waals surface area contributed by atoms with Crippen molar-refractivity contribution in [3.05, 3.63) is 56.3 Å². The summed E-state index contributed by atoms with van der Waals surface area (Å²) < 4.78 is 0. The van der Waals surface area contributed by atoms with Gasteiger partial charge in [-0.1, -0.05) is 6.07 Å². The third-order valence-electron chi connectivity index (χ3n) is 3.89. The number of carbonyl (C=O) groups excluding carboxylic acids is 1. The quantitative estimate of drug-likeness (QED) is 0.693. The molecule has 1 fully saturated rings. The van der Waals surface area contributed by atoms with Crippen molar-refractivity contribution in [1.82, 2.24) is 0 Å². The summed E-state index contributed by atoms with van der Waals surface area (Å²) in [5.74, 6) is -0.661. The summed E-state index contributed by atoms with van der Waals surface area (Å²) in [6, 6.07) is 8.64. The summed E-state index contributed by atoms with van der Waals surface area (Å²) in [6.07, 6.45) is 1.95. The maximum Gasteiger partial charge on any atom is 0.293 e. The van der Waals surface area contributed by atoms with Crippen LogP contribution in [-0.2, 0) is 0 Å². The van der Waals surface area contributed by atoms with Gasteiger partial charge in [0.15, 0.2) is 0 Å². The molecule has 0 aliphatic carbocycles. The lowest BCUT2D eigenvalue weighted by atomic mass is 10.1. The molecule has 0 spiro atoms. The summed E-state index contributed by atoms with van der Waals surface area (Å²) in [4.78, 5) is 25.4. The Balaban J connectivity index is 2.03. The summed E-state index contributed by atoms with van der Waals surface area (Å²) in [7, 11) is 0. The SMILES string of the molecule is NC(=O)c1ccc(N2CCC[C@@H]2c2cccs2)c([N+](=O)[O-])c1. The minimum Gasteiger partial charge on any atom is -0.366 e. The number of amides is 1. The van der Waals surface area contributed by atoms with Crippen LogP contribution in [0.1, 0.15) is 34.1 Å². The fraction of sp³-hybridized carbons (Fsp3) is 0.267. The summed E-state index contributed by atoms with van der Waals surface area (Å²) in [6.45, 7) is 0.763. The number of nitrogens with two attached hydrogens (primary N) is 1. The summed E-state index contributed by atoms with van der Waals surface area (Å²) >= 11 is 1.66. The monoisotopic (exact) mass is 317 g/mol. The van der Waals surface area contributed by atoms with Crippen LogP contribution in [0.3, 0.4) is 0 Å². The van der Waals surface area contributed by atoms with Gasteiger partial charge in [-0.3, -0.25) is 14.9 Å². The van der Waals surface area contributed by atoms with Crippen molar-refractivity contribution < 1.29 is 9.72 Å². The van der Waals surface area contributed by atoms with E-state index in [1.807, 2.05) is 11.4 Å². The minimum absolute atomic E-state index is 0.0697. The maximum absolute atomic E-state index is 11.4. The zero-order valence-corrected chi connectivity index (χ0v) is 12.6. The highest BCUT2D eigenvalue weighted by Gasteiger charge is 2.31. The van der Waals surface area contributed by atoms with Crippen molar-refractivity contribution in [2.45, 2.75) is 18.9 Å². The molecule has 0 bridgehead atoms. The van der Waals surface area contributed by atoms with E-state index in [9.17, 15) is 14.9 Å². The first kappa shape index (κ1) is 14.5. The van der Waals surface area contributed by atoms with Crippen molar-refractivity contribution >= 4 is 28.6 Å². The predicted molar refractivity (Wildman–Crippen MR) is 85.3 cm³/mol. The molecule has 114 valence electrons. The van der Waals surface area contributed by atoms with Crippen LogP contribution in [0.4, 0.5) is 11.4 Å². The van der Waals surface area contributed by atoms with Crippen LogP contribution in [-0.4, -0.2) is 17.4 Å². The van der Waals surface area contributed by atoms with Gasteiger partial charge in [-0.2, -0.15) is 0 Å². The molecule has 0 saturated carbocycles. The van der Waals surface area contributed by atoms with E-state index < -0.39 is 10.8 Å². The Morgan fingerprint density at radius 3 is 2.86 bits per heavy atom. The number of benzene rings is 1. The molecule has 1 aromatic carbocycles. The zero-order valence-electron chi connectivity index (χ0n) is 11.8. The number of rotatable bonds is 4. The first-order valence-electron chi connectivity index (χ1n) is 6.96. The average molecular weight is 317 g/mol. The molecule has 1 saturated heterocycles. The number of nitro groups is 1. The van der Waals surface area contributed by atoms with Crippen molar-refractivity contribution in [2.75, 3.05) is 11.4 Å². The molecular weight excluding hydrogens is 302 g/mol. The third-order valence-corrected chi connectivity index (χ3v) is 4.86. The van der Waals surface area contributed by atoms with Crippen LogP contribution >= 0.6 is 11.3 Å². The standard InChI is InChI=1S/C15H15N3O3S/c16-15(19)10-5-6-11(13(9-10)18(20)21)17-7-1-3-12(17)14-4-2-8-22-14/h2,4-6,8-9,12H,1,3,7H2,(H2,16,19)/t12-/m1/s1. The number of carbonyl (C=O) groups is 1. The van der Waals surface area contributed by atoms with Crippen LogP contribution in [0.25, 0.3) is 0 Å². The van der Waals surface area contributed by atoms with Gasteiger partial charge in [0, 0.05) is 23.1 Å². The van der Waals surface area contributed by atoms with E-state index in [4.69, 9.17) is 5.73 Å². The summed E-state index contributed by atoms with van der Waals surface area (Å²) in [5.41, 5.74) is 5.85. The Morgan fingerprint density at radius 2 is 2.23 bits per heavy atom. The number of anilines is 1. The molecule has 1 aliphatic rings. The van der Waals surface area contributed by atoms with Gasteiger partial charge in [-0.05, 0) is 36.4 Å². The van der Waals surface area contributed by atoms with E-state index in [-0.39, 0.29) is 17.3 Å². The molecule has 2 heterocycles. The fourth-order valence-electron chi connectivity index (χ4n) is 2.90.